The van der Waals surface area contributed by atoms with Crippen LogP contribution in [0.2, 0.25) is 0 Å². The maximum absolute atomic E-state index is 13.2. The molecular formula is C27H32N2O5. The first-order chi connectivity index (χ1) is 16.0. The summed E-state index contributed by atoms with van der Waals surface area (Å²) >= 11 is 0. The molecule has 0 radical (unpaired) electrons. The van der Waals surface area contributed by atoms with Gasteiger partial charge in [0.2, 0.25) is 5.91 Å². The standard InChI is InChI=1S/C27H32N2O5/c1-6-15-29(16-23(30)31)24(32)26(2,3)27(4,5)28-25(33)34-17-22-20-13-9-7-11-18(20)19-12-8-10-14-21(19)22/h6-14,22H,1,15-17H2,2-5H3,(H,28,33)(H,30,31). The van der Waals surface area contributed by atoms with Crippen molar-refractivity contribution in [2.24, 2.45) is 5.41 Å². The molecule has 1 aliphatic rings. The van der Waals surface area contributed by atoms with Gasteiger partial charge >= 0.3 is 12.1 Å². The van der Waals surface area contributed by atoms with Gasteiger partial charge in [-0.2, -0.15) is 0 Å². The average Bonchev–Trinajstić information content (AvgIpc) is 3.10. The van der Waals surface area contributed by atoms with Crippen LogP contribution in [0.4, 0.5) is 4.79 Å². The van der Waals surface area contributed by atoms with E-state index in [-0.39, 0.29) is 19.1 Å². The van der Waals surface area contributed by atoms with Crippen LogP contribution >= 0.6 is 0 Å². The molecule has 34 heavy (non-hydrogen) atoms. The van der Waals surface area contributed by atoms with Gasteiger partial charge in [-0.3, -0.25) is 9.59 Å². The number of hydrogen-bond donors (Lipinski definition) is 2. The second kappa shape index (κ2) is 9.71. The van der Waals surface area contributed by atoms with E-state index in [1.165, 1.54) is 11.0 Å². The fourth-order valence-corrected chi connectivity index (χ4v) is 4.25. The Morgan fingerprint density at radius 2 is 1.56 bits per heavy atom. The predicted octanol–water partition coefficient (Wildman–Crippen LogP) is 4.43. The highest BCUT2D eigenvalue weighted by atomic mass is 16.5. The summed E-state index contributed by atoms with van der Waals surface area (Å²) in [6, 6.07) is 16.2. The van der Waals surface area contributed by atoms with Crippen molar-refractivity contribution >= 4 is 18.0 Å². The van der Waals surface area contributed by atoms with Crippen LogP contribution in [-0.2, 0) is 14.3 Å². The van der Waals surface area contributed by atoms with E-state index in [1.54, 1.807) is 27.7 Å². The van der Waals surface area contributed by atoms with E-state index in [1.807, 2.05) is 36.4 Å². The van der Waals surface area contributed by atoms with Gasteiger partial charge in [0.1, 0.15) is 13.2 Å². The van der Waals surface area contributed by atoms with Gasteiger partial charge in [-0.25, -0.2) is 4.79 Å². The van der Waals surface area contributed by atoms with Gasteiger partial charge in [0.15, 0.2) is 0 Å². The molecule has 1 aliphatic carbocycles. The summed E-state index contributed by atoms with van der Waals surface area (Å²) in [7, 11) is 0. The van der Waals surface area contributed by atoms with Gasteiger partial charge in [0.05, 0.1) is 11.0 Å². The Morgan fingerprint density at radius 3 is 2.06 bits per heavy atom. The molecule has 0 spiro atoms. The van der Waals surface area contributed by atoms with Crippen LogP contribution in [0.25, 0.3) is 11.1 Å². The molecule has 0 heterocycles. The van der Waals surface area contributed by atoms with E-state index in [0.717, 1.165) is 22.3 Å². The maximum Gasteiger partial charge on any atom is 0.407 e. The Kier molecular flexibility index (Phi) is 7.15. The van der Waals surface area contributed by atoms with E-state index in [2.05, 4.69) is 24.0 Å². The summed E-state index contributed by atoms with van der Waals surface area (Å²) in [5, 5.41) is 12.0. The van der Waals surface area contributed by atoms with Crippen molar-refractivity contribution in [3.05, 3.63) is 72.3 Å². The minimum absolute atomic E-state index is 0.0745. The van der Waals surface area contributed by atoms with Crippen LogP contribution in [0, 0.1) is 5.41 Å². The highest BCUT2D eigenvalue weighted by Crippen LogP contribution is 2.44. The number of nitrogens with zero attached hydrogens (tertiary/aromatic N) is 1. The van der Waals surface area contributed by atoms with Gasteiger partial charge in [-0.05, 0) is 49.9 Å². The molecule has 0 fully saturated rings. The predicted molar refractivity (Wildman–Crippen MR) is 130 cm³/mol. The molecular weight excluding hydrogens is 432 g/mol. The van der Waals surface area contributed by atoms with Crippen LogP contribution in [0.15, 0.2) is 61.2 Å². The van der Waals surface area contributed by atoms with Gasteiger partial charge in [-0.15, -0.1) is 6.58 Å². The molecule has 0 saturated carbocycles. The molecule has 0 saturated heterocycles. The second-order valence-electron chi connectivity index (χ2n) is 9.57. The van der Waals surface area contributed by atoms with Crippen LogP contribution in [0.5, 0.6) is 0 Å². The zero-order valence-corrected chi connectivity index (χ0v) is 20.1. The number of carboxylic acids is 1. The maximum atomic E-state index is 13.2. The molecule has 0 unspecified atom stereocenters. The van der Waals surface area contributed by atoms with Crippen LogP contribution < -0.4 is 5.32 Å². The first-order valence-electron chi connectivity index (χ1n) is 11.2. The van der Waals surface area contributed by atoms with Crippen LogP contribution in [-0.4, -0.2) is 53.2 Å². The number of alkyl carbamates (subject to hydrolysis) is 1. The Bertz CT molecular complexity index is 1060. The highest BCUT2D eigenvalue weighted by molar-refractivity contribution is 5.87. The van der Waals surface area contributed by atoms with Gasteiger partial charge < -0.3 is 20.1 Å². The summed E-state index contributed by atoms with van der Waals surface area (Å²) in [4.78, 5) is 38.4. The molecule has 0 aromatic heterocycles. The zero-order chi connectivity index (χ0) is 25.1. The Labute approximate surface area is 200 Å². The van der Waals surface area contributed by atoms with Gasteiger partial charge in [0.25, 0.3) is 0 Å². The molecule has 2 amide bonds. The summed E-state index contributed by atoms with van der Waals surface area (Å²) in [6.45, 7) is 10.2. The van der Waals surface area contributed by atoms with Crippen molar-refractivity contribution in [3.8, 4) is 11.1 Å². The van der Waals surface area contributed by atoms with Crippen molar-refractivity contribution in [2.45, 2.75) is 39.2 Å². The van der Waals surface area contributed by atoms with Crippen molar-refractivity contribution < 1.29 is 24.2 Å². The number of carbonyl (C=O) groups is 3. The van der Waals surface area contributed by atoms with Crippen molar-refractivity contribution in [1.82, 2.24) is 10.2 Å². The molecule has 3 rings (SSSR count). The highest BCUT2D eigenvalue weighted by Gasteiger charge is 2.46. The van der Waals surface area contributed by atoms with Gasteiger partial charge in [0, 0.05) is 12.5 Å². The molecule has 2 aromatic carbocycles. The molecule has 0 aliphatic heterocycles. The van der Waals surface area contributed by atoms with E-state index < -0.39 is 35.5 Å². The lowest BCUT2D eigenvalue weighted by molar-refractivity contribution is -0.150. The molecule has 2 N–H and O–H groups in total. The minimum atomic E-state index is -1.12. The zero-order valence-electron chi connectivity index (χ0n) is 20.1. The van der Waals surface area contributed by atoms with Crippen molar-refractivity contribution in [3.63, 3.8) is 0 Å². The first kappa shape index (κ1) is 25.0. The quantitative estimate of drug-likeness (QED) is 0.535. The minimum Gasteiger partial charge on any atom is -0.480 e. The number of ether oxygens (including phenoxy) is 1. The molecule has 7 heteroatoms. The third-order valence-electron chi connectivity index (χ3n) is 6.82. The van der Waals surface area contributed by atoms with E-state index in [9.17, 15) is 14.4 Å². The fraction of sp³-hybridized carbons (Fsp3) is 0.370. The number of benzene rings is 2. The normalized spacial score (nSPS) is 12.9. The van der Waals surface area contributed by atoms with E-state index in [0.29, 0.717) is 0 Å². The number of fused-ring (bicyclic) bond motifs is 3. The number of aliphatic carboxylic acids is 1. The smallest absolute Gasteiger partial charge is 0.407 e. The Balaban J connectivity index is 1.71. The van der Waals surface area contributed by atoms with E-state index >= 15 is 0 Å². The molecule has 0 atom stereocenters. The largest absolute Gasteiger partial charge is 0.480 e. The van der Waals surface area contributed by atoms with E-state index in [4.69, 9.17) is 9.84 Å². The van der Waals surface area contributed by atoms with Crippen LogP contribution in [0.3, 0.4) is 0 Å². The fourth-order valence-electron chi connectivity index (χ4n) is 4.25. The first-order valence-corrected chi connectivity index (χ1v) is 11.2. The van der Waals surface area contributed by atoms with Crippen molar-refractivity contribution in [1.29, 1.82) is 0 Å². The number of carboxylic acid groups (broad SMARTS) is 1. The number of amides is 2. The molecule has 180 valence electrons. The summed E-state index contributed by atoms with van der Waals surface area (Å²) in [6.07, 6.45) is 0.837. The second-order valence-corrected chi connectivity index (χ2v) is 9.57. The lowest BCUT2D eigenvalue weighted by Crippen LogP contribution is -2.60. The lowest BCUT2D eigenvalue weighted by atomic mass is 9.73. The lowest BCUT2D eigenvalue weighted by Gasteiger charge is -2.42. The Hall–Kier alpha value is -3.61. The number of carbonyl (C=O) groups excluding carboxylic acids is 2. The SMILES string of the molecule is C=CCN(CC(=O)O)C(=O)C(C)(C)C(C)(C)NC(=O)OCC1c2ccccc2-c2ccccc21. The number of rotatable bonds is 9. The van der Waals surface area contributed by atoms with Crippen molar-refractivity contribution in [2.75, 3.05) is 19.7 Å². The number of nitrogens with one attached hydrogen (secondary N) is 1. The average molecular weight is 465 g/mol. The molecule has 2 aromatic rings. The monoisotopic (exact) mass is 464 g/mol. The summed E-state index contributed by atoms with van der Waals surface area (Å²) < 4.78 is 5.64. The third kappa shape index (κ3) is 4.83. The molecule has 0 bridgehead atoms. The molecule has 7 nitrogen and oxygen atoms in total. The summed E-state index contributed by atoms with van der Waals surface area (Å²) in [5.74, 6) is -1.60. The van der Waals surface area contributed by atoms with Gasteiger partial charge in [-0.1, -0.05) is 54.6 Å². The van der Waals surface area contributed by atoms with Crippen LogP contribution in [0.1, 0.15) is 44.7 Å². The Morgan fingerprint density at radius 1 is 1.03 bits per heavy atom. The summed E-state index contributed by atoms with van der Waals surface area (Å²) in [5.41, 5.74) is 2.36. The topological polar surface area (TPSA) is 95.9 Å². The number of hydrogen-bond acceptors (Lipinski definition) is 4. The third-order valence-corrected chi connectivity index (χ3v) is 6.82.